The van der Waals surface area contributed by atoms with Crippen LogP contribution in [-0.4, -0.2) is 74.3 Å². The van der Waals surface area contributed by atoms with Crippen LogP contribution in [0, 0.1) is 5.41 Å². The lowest BCUT2D eigenvalue weighted by molar-refractivity contribution is -0.140. The van der Waals surface area contributed by atoms with Crippen LogP contribution in [0.4, 0.5) is 10.5 Å². The number of carboxylic acid groups (broad SMARTS) is 1. The quantitative estimate of drug-likeness (QED) is 0.640. The van der Waals surface area contributed by atoms with Crippen molar-refractivity contribution < 1.29 is 38.4 Å². The van der Waals surface area contributed by atoms with Gasteiger partial charge in [-0.2, -0.15) is 0 Å². The van der Waals surface area contributed by atoms with Gasteiger partial charge in [0.2, 0.25) is 0 Å². The molecular weight excluding hydrogens is 444 g/mol. The van der Waals surface area contributed by atoms with E-state index in [0.717, 1.165) is 0 Å². The summed E-state index contributed by atoms with van der Waals surface area (Å²) in [5, 5.41) is 9.59. The van der Waals surface area contributed by atoms with Gasteiger partial charge in [0.05, 0.1) is 26.4 Å². The molecular formula is C24H32N2O8. The van der Waals surface area contributed by atoms with Crippen LogP contribution in [0.1, 0.15) is 33.6 Å². The van der Waals surface area contributed by atoms with Gasteiger partial charge in [0.25, 0.3) is 0 Å². The molecule has 1 aromatic carbocycles. The maximum Gasteiger partial charge on any atom is 0.407 e. The number of hydrogen-bond acceptors (Lipinski definition) is 8. The Hall–Kier alpha value is -3.27. The number of carbonyl (C=O) groups is 3. The van der Waals surface area contributed by atoms with Gasteiger partial charge in [0, 0.05) is 37.2 Å². The summed E-state index contributed by atoms with van der Waals surface area (Å²) >= 11 is 0. The minimum atomic E-state index is -0.922. The number of piperidine rings is 1. The summed E-state index contributed by atoms with van der Waals surface area (Å²) in [4.78, 5) is 39.5. The fourth-order valence-electron chi connectivity index (χ4n) is 4.35. The van der Waals surface area contributed by atoms with E-state index in [-0.39, 0.29) is 42.2 Å². The highest BCUT2D eigenvalue weighted by atomic mass is 16.5. The van der Waals surface area contributed by atoms with Gasteiger partial charge in [-0.25, -0.2) is 14.4 Å². The topological polar surface area (TPSA) is 115 Å². The van der Waals surface area contributed by atoms with Gasteiger partial charge in [-0.3, -0.25) is 0 Å². The van der Waals surface area contributed by atoms with Gasteiger partial charge in [0.15, 0.2) is 0 Å². The van der Waals surface area contributed by atoms with Gasteiger partial charge in [-0.15, -0.1) is 0 Å². The molecule has 1 amide bonds. The molecule has 2 aliphatic rings. The highest BCUT2D eigenvalue weighted by Crippen LogP contribution is 2.35. The minimum absolute atomic E-state index is 0.0392. The van der Waals surface area contributed by atoms with Gasteiger partial charge in [-0.1, -0.05) is 26.8 Å². The lowest BCUT2D eigenvalue weighted by Crippen LogP contribution is -2.53. The Kier molecular flexibility index (Phi) is 7.71. The minimum Gasteiger partial charge on any atom is -0.490 e. The zero-order valence-corrected chi connectivity index (χ0v) is 20.2. The summed E-state index contributed by atoms with van der Waals surface area (Å²) in [6.45, 7) is 6.42. The molecule has 3 rings (SSSR count). The van der Waals surface area contributed by atoms with E-state index >= 15 is 0 Å². The van der Waals surface area contributed by atoms with Crippen molar-refractivity contribution in [3.8, 4) is 5.75 Å². The molecule has 2 heterocycles. The Morgan fingerprint density at radius 2 is 1.82 bits per heavy atom. The van der Waals surface area contributed by atoms with Crippen LogP contribution in [0.5, 0.6) is 5.75 Å². The molecule has 0 aliphatic carbocycles. The van der Waals surface area contributed by atoms with E-state index in [4.69, 9.17) is 18.9 Å². The van der Waals surface area contributed by atoms with Crippen LogP contribution in [0.2, 0.25) is 0 Å². The summed E-state index contributed by atoms with van der Waals surface area (Å²) in [5.74, 6) is -0.784. The number of anilines is 1. The largest absolute Gasteiger partial charge is 0.490 e. The standard InChI is InChI=1S/C24H32N2O8/c1-24(2,3)19-12-17(9-10-25(19)23(29)30)34-16-8-6-7-15(11-16)26-14-33-13-18(21(27)31-4)20(26)22(28)32-5/h6-8,11,17,19H,9-10,12-14H2,1-5H3,(H,29,30). The van der Waals surface area contributed by atoms with Gasteiger partial charge < -0.3 is 33.9 Å². The average Bonchev–Trinajstić information content (AvgIpc) is 2.82. The first-order valence-corrected chi connectivity index (χ1v) is 11.1. The number of benzene rings is 1. The van der Waals surface area contributed by atoms with Crippen molar-refractivity contribution in [3.63, 3.8) is 0 Å². The Morgan fingerprint density at radius 1 is 1.12 bits per heavy atom. The van der Waals surface area contributed by atoms with Crippen molar-refractivity contribution in [1.29, 1.82) is 0 Å². The van der Waals surface area contributed by atoms with E-state index in [9.17, 15) is 19.5 Å². The number of rotatable bonds is 5. The lowest BCUT2D eigenvalue weighted by Gasteiger charge is -2.44. The first-order chi connectivity index (χ1) is 16.1. The molecule has 1 N–H and O–H groups in total. The van der Waals surface area contributed by atoms with Crippen LogP contribution in [-0.2, 0) is 23.8 Å². The molecule has 0 saturated carbocycles. The molecule has 0 spiro atoms. The highest BCUT2D eigenvalue weighted by Gasteiger charge is 2.39. The van der Waals surface area contributed by atoms with Crippen molar-refractivity contribution in [3.05, 3.63) is 35.5 Å². The van der Waals surface area contributed by atoms with E-state index in [2.05, 4.69) is 0 Å². The predicted molar refractivity (Wildman–Crippen MR) is 122 cm³/mol. The molecule has 1 fully saturated rings. The van der Waals surface area contributed by atoms with Crippen molar-refractivity contribution in [2.45, 2.75) is 45.8 Å². The van der Waals surface area contributed by atoms with Crippen LogP contribution in [0.25, 0.3) is 0 Å². The molecule has 34 heavy (non-hydrogen) atoms. The van der Waals surface area contributed by atoms with Gasteiger partial charge in [-0.05, 0) is 17.5 Å². The number of methoxy groups -OCH3 is 2. The second-order valence-corrected chi connectivity index (χ2v) is 9.34. The van der Waals surface area contributed by atoms with Crippen LogP contribution in [0.3, 0.4) is 0 Å². The van der Waals surface area contributed by atoms with E-state index in [1.807, 2.05) is 20.8 Å². The number of carbonyl (C=O) groups excluding carboxylic acids is 2. The van der Waals surface area contributed by atoms with Crippen LogP contribution >= 0.6 is 0 Å². The molecule has 186 valence electrons. The molecule has 2 atom stereocenters. The molecule has 0 bridgehead atoms. The molecule has 0 radical (unpaired) electrons. The highest BCUT2D eigenvalue weighted by molar-refractivity contribution is 6.03. The van der Waals surface area contributed by atoms with Gasteiger partial charge in [0.1, 0.15) is 24.3 Å². The van der Waals surface area contributed by atoms with Crippen LogP contribution in [0.15, 0.2) is 35.5 Å². The number of nitrogens with zero attached hydrogens (tertiary/aromatic N) is 2. The smallest absolute Gasteiger partial charge is 0.407 e. The molecule has 0 aromatic heterocycles. The van der Waals surface area contributed by atoms with E-state index in [0.29, 0.717) is 30.8 Å². The van der Waals surface area contributed by atoms with Crippen molar-refractivity contribution >= 4 is 23.7 Å². The van der Waals surface area contributed by atoms with E-state index in [1.165, 1.54) is 19.1 Å². The second-order valence-electron chi connectivity index (χ2n) is 9.34. The van der Waals surface area contributed by atoms with Gasteiger partial charge >= 0.3 is 18.0 Å². The lowest BCUT2D eigenvalue weighted by atomic mass is 9.80. The van der Waals surface area contributed by atoms with Crippen molar-refractivity contribution in [2.24, 2.45) is 5.41 Å². The summed E-state index contributed by atoms with van der Waals surface area (Å²) in [7, 11) is 2.48. The number of likely N-dealkylation sites (tertiary alicyclic amines) is 1. The monoisotopic (exact) mass is 476 g/mol. The van der Waals surface area contributed by atoms with Crippen LogP contribution < -0.4 is 9.64 Å². The number of esters is 2. The summed E-state index contributed by atoms with van der Waals surface area (Å²) in [6, 6.07) is 6.91. The Labute approximate surface area is 199 Å². The molecule has 2 unspecified atom stereocenters. The molecule has 10 nitrogen and oxygen atoms in total. The van der Waals surface area contributed by atoms with Crippen molar-refractivity contribution in [1.82, 2.24) is 4.90 Å². The maximum absolute atomic E-state index is 12.5. The maximum atomic E-state index is 12.5. The Balaban J connectivity index is 1.85. The van der Waals surface area contributed by atoms with E-state index in [1.54, 1.807) is 29.2 Å². The summed E-state index contributed by atoms with van der Waals surface area (Å²) < 4.78 is 21.5. The molecule has 10 heteroatoms. The third-order valence-corrected chi connectivity index (χ3v) is 6.06. The first-order valence-electron chi connectivity index (χ1n) is 11.1. The normalized spacial score (nSPS) is 21.2. The average molecular weight is 477 g/mol. The Morgan fingerprint density at radius 3 is 2.44 bits per heavy atom. The fourth-order valence-corrected chi connectivity index (χ4v) is 4.35. The third kappa shape index (κ3) is 5.44. The zero-order chi connectivity index (χ0) is 25.0. The fraction of sp³-hybridized carbons (Fsp3) is 0.542. The molecule has 1 saturated heterocycles. The SMILES string of the molecule is COC(=O)C1=C(C(=O)OC)N(c2cccc(OC3CCN(C(=O)O)C(C(C)(C)C)C3)c2)COC1. The van der Waals surface area contributed by atoms with Crippen molar-refractivity contribution in [2.75, 3.05) is 39.0 Å². The summed E-state index contributed by atoms with van der Waals surface area (Å²) in [6.07, 6.45) is 0.0329. The summed E-state index contributed by atoms with van der Waals surface area (Å²) in [5.41, 5.74) is 0.466. The number of hydrogen-bond donors (Lipinski definition) is 1. The first kappa shape index (κ1) is 25.4. The van der Waals surface area contributed by atoms with E-state index < -0.39 is 18.0 Å². The Bertz CT molecular complexity index is 968. The predicted octanol–water partition coefficient (Wildman–Crippen LogP) is 3.02. The second kappa shape index (κ2) is 10.3. The molecule has 1 aromatic rings. The third-order valence-electron chi connectivity index (χ3n) is 6.06. The zero-order valence-electron chi connectivity index (χ0n) is 20.2. The molecule has 2 aliphatic heterocycles. The number of amides is 1. The number of ether oxygens (including phenoxy) is 4.